The summed E-state index contributed by atoms with van der Waals surface area (Å²) in [5.74, 6) is 0.839. The first-order chi connectivity index (χ1) is 16.5. The van der Waals surface area contributed by atoms with Gasteiger partial charge in [-0.1, -0.05) is 58.3 Å². The number of hydrogen-bond acceptors (Lipinski definition) is 6. The number of unbranched alkanes of at least 4 members (excludes halogenated alkanes) is 8. The number of nitrogens with two attached hydrogens (primary N) is 2. The number of guanidine groups is 2. The van der Waals surface area contributed by atoms with Gasteiger partial charge in [0.25, 0.3) is 0 Å². The highest BCUT2D eigenvalue weighted by atomic mass is 16.5. The topological polar surface area (TPSA) is 118 Å². The van der Waals surface area contributed by atoms with Crippen molar-refractivity contribution >= 4 is 17.9 Å². The van der Waals surface area contributed by atoms with Crippen molar-refractivity contribution in [3.63, 3.8) is 0 Å². The smallest absolute Gasteiger partial charge is 0.313 e. The molecule has 0 aromatic heterocycles. The molecule has 3 rings (SSSR count). The second kappa shape index (κ2) is 13.8. The van der Waals surface area contributed by atoms with Crippen LogP contribution in [0.25, 0.3) is 0 Å². The molecule has 0 aliphatic carbocycles. The lowest BCUT2D eigenvalue weighted by atomic mass is 9.89. The van der Waals surface area contributed by atoms with Crippen LogP contribution in [-0.2, 0) is 9.53 Å². The molecule has 2 saturated heterocycles. The molecule has 0 spiro atoms. The summed E-state index contributed by atoms with van der Waals surface area (Å²) in [5, 5.41) is 3.73. The van der Waals surface area contributed by atoms with E-state index in [0.717, 1.165) is 38.1 Å². The first-order valence-electron chi connectivity index (χ1n) is 13.9. The summed E-state index contributed by atoms with van der Waals surface area (Å²) in [6, 6.07) is 1.17. The van der Waals surface area contributed by atoms with E-state index in [1.165, 1.54) is 57.8 Å². The van der Waals surface area contributed by atoms with Gasteiger partial charge in [-0.05, 0) is 45.4 Å². The molecule has 5 atom stereocenters. The molecule has 2 fully saturated rings. The molecule has 0 bridgehead atoms. The minimum absolute atomic E-state index is 0.0569. The molecular weight excluding hydrogens is 428 g/mol. The van der Waals surface area contributed by atoms with Crippen LogP contribution in [-0.4, -0.2) is 60.1 Å². The van der Waals surface area contributed by atoms with Crippen molar-refractivity contribution in [3.05, 3.63) is 0 Å². The molecule has 0 aromatic carbocycles. The number of aliphatic imine (C=N–C) groups is 2. The van der Waals surface area contributed by atoms with Crippen LogP contribution in [0.15, 0.2) is 9.98 Å². The van der Waals surface area contributed by atoms with Crippen LogP contribution in [0.1, 0.15) is 104 Å². The summed E-state index contributed by atoms with van der Waals surface area (Å²) in [4.78, 5) is 24.3. The normalized spacial score (nSPS) is 27.5. The van der Waals surface area contributed by atoms with Crippen LogP contribution >= 0.6 is 0 Å². The second-order valence-corrected chi connectivity index (χ2v) is 10.4. The number of carbonyl (C=O) groups excluding carboxylic acids is 1. The van der Waals surface area contributed by atoms with E-state index in [1.54, 1.807) is 0 Å². The average Bonchev–Trinajstić information content (AvgIpc) is 3.22. The minimum atomic E-state index is -0.183. The van der Waals surface area contributed by atoms with Crippen molar-refractivity contribution in [2.45, 2.75) is 128 Å². The number of nitrogens with one attached hydrogen (secondary N) is 1. The van der Waals surface area contributed by atoms with E-state index in [1.807, 2.05) is 0 Å². The monoisotopic (exact) mass is 476 g/mol. The number of carbonyl (C=O) groups is 1. The molecular formula is C26H48N6O2. The number of esters is 1. The predicted molar refractivity (Wildman–Crippen MR) is 139 cm³/mol. The Hall–Kier alpha value is -1.99. The van der Waals surface area contributed by atoms with E-state index in [4.69, 9.17) is 21.2 Å². The number of ether oxygens (including phenoxy) is 1. The second-order valence-electron chi connectivity index (χ2n) is 10.4. The molecule has 194 valence electrons. The van der Waals surface area contributed by atoms with Crippen molar-refractivity contribution in [3.8, 4) is 0 Å². The Morgan fingerprint density at radius 1 is 1.09 bits per heavy atom. The molecule has 3 aliphatic heterocycles. The Morgan fingerprint density at radius 2 is 1.82 bits per heavy atom. The Labute approximate surface area is 206 Å². The molecule has 0 saturated carbocycles. The zero-order chi connectivity index (χ0) is 24.3. The van der Waals surface area contributed by atoms with E-state index in [0.29, 0.717) is 25.2 Å². The van der Waals surface area contributed by atoms with Gasteiger partial charge in [0.05, 0.1) is 18.6 Å². The summed E-state index contributed by atoms with van der Waals surface area (Å²) in [6.45, 7) is 5.31. The van der Waals surface area contributed by atoms with Crippen molar-refractivity contribution in [1.82, 2.24) is 10.2 Å². The summed E-state index contributed by atoms with van der Waals surface area (Å²) in [6.07, 6.45) is 17.0. The average molecular weight is 477 g/mol. The van der Waals surface area contributed by atoms with Crippen LogP contribution in [0.4, 0.5) is 0 Å². The van der Waals surface area contributed by atoms with Crippen molar-refractivity contribution in [1.29, 1.82) is 0 Å². The van der Waals surface area contributed by atoms with Crippen molar-refractivity contribution in [2.75, 3.05) is 13.2 Å². The number of hydrogen-bond donors (Lipinski definition) is 3. The number of nitrogens with zero attached hydrogens (tertiary/aromatic N) is 3. The summed E-state index contributed by atoms with van der Waals surface area (Å²) >= 11 is 0. The van der Waals surface area contributed by atoms with E-state index in [-0.39, 0.29) is 29.9 Å². The van der Waals surface area contributed by atoms with Crippen LogP contribution in [0, 0.1) is 5.92 Å². The SMILES string of the molecule is CCCCCCCCCCC1CC2CCC3C(C(=O)OCCCCN=C(N)N)C(C)N=C(N1)N23. The van der Waals surface area contributed by atoms with Crippen LogP contribution < -0.4 is 16.8 Å². The quantitative estimate of drug-likeness (QED) is 0.144. The predicted octanol–water partition coefficient (Wildman–Crippen LogP) is 3.68. The number of rotatable bonds is 15. The first kappa shape index (κ1) is 26.6. The van der Waals surface area contributed by atoms with Gasteiger partial charge in [0, 0.05) is 24.7 Å². The largest absolute Gasteiger partial charge is 0.465 e. The Bertz CT molecular complexity index is 693. The standard InChI is InChI=1S/C26H48N6O2/c1-3-4-5-6-7-8-9-10-13-20-18-21-14-15-22-23(19(2)30-26(31-20)32(21)22)24(33)34-17-12-11-16-29-25(27)28/h19-23H,3-18H2,1-2H3,(H,30,31)(H4,27,28,29). The van der Waals surface area contributed by atoms with Crippen LogP contribution in [0.3, 0.4) is 0 Å². The van der Waals surface area contributed by atoms with Crippen molar-refractivity contribution in [2.24, 2.45) is 27.4 Å². The lowest BCUT2D eigenvalue weighted by molar-refractivity contribution is -0.151. The molecule has 8 nitrogen and oxygen atoms in total. The molecule has 8 heteroatoms. The van der Waals surface area contributed by atoms with Gasteiger partial charge in [-0.3, -0.25) is 9.79 Å². The Morgan fingerprint density at radius 3 is 2.56 bits per heavy atom. The molecule has 3 heterocycles. The van der Waals surface area contributed by atoms with E-state index < -0.39 is 0 Å². The maximum Gasteiger partial charge on any atom is 0.313 e. The van der Waals surface area contributed by atoms with Crippen LogP contribution in [0.2, 0.25) is 0 Å². The highest BCUT2D eigenvalue weighted by Gasteiger charge is 2.50. The van der Waals surface area contributed by atoms with Crippen LogP contribution in [0.5, 0.6) is 0 Å². The molecule has 0 radical (unpaired) electrons. The summed E-state index contributed by atoms with van der Waals surface area (Å²) < 4.78 is 5.65. The van der Waals surface area contributed by atoms with Gasteiger partial charge in [0.1, 0.15) is 0 Å². The molecule has 5 unspecified atom stereocenters. The van der Waals surface area contributed by atoms with Gasteiger partial charge in [0.2, 0.25) is 0 Å². The first-order valence-corrected chi connectivity index (χ1v) is 13.9. The van der Waals surface area contributed by atoms with Gasteiger partial charge >= 0.3 is 5.97 Å². The van der Waals surface area contributed by atoms with Crippen molar-refractivity contribution < 1.29 is 9.53 Å². The Kier molecular flexibility index (Phi) is 10.8. The third kappa shape index (κ3) is 7.51. The summed E-state index contributed by atoms with van der Waals surface area (Å²) in [5.41, 5.74) is 10.7. The van der Waals surface area contributed by atoms with Gasteiger partial charge < -0.3 is 26.4 Å². The molecule has 3 aliphatic rings. The maximum atomic E-state index is 13.0. The third-order valence-electron chi connectivity index (χ3n) is 7.71. The zero-order valence-corrected chi connectivity index (χ0v) is 21.5. The highest BCUT2D eigenvalue weighted by molar-refractivity contribution is 5.86. The van der Waals surface area contributed by atoms with Gasteiger partial charge in [-0.15, -0.1) is 0 Å². The molecule has 5 N–H and O–H groups in total. The fourth-order valence-electron chi connectivity index (χ4n) is 5.93. The van der Waals surface area contributed by atoms with E-state index in [9.17, 15) is 4.79 Å². The fourth-order valence-corrected chi connectivity index (χ4v) is 5.93. The molecule has 0 amide bonds. The third-order valence-corrected chi connectivity index (χ3v) is 7.71. The van der Waals surface area contributed by atoms with E-state index >= 15 is 0 Å². The maximum absolute atomic E-state index is 13.0. The van der Waals surface area contributed by atoms with E-state index in [2.05, 4.69) is 29.1 Å². The molecule has 34 heavy (non-hydrogen) atoms. The zero-order valence-electron chi connectivity index (χ0n) is 21.5. The lowest BCUT2D eigenvalue weighted by Gasteiger charge is -2.46. The van der Waals surface area contributed by atoms with Gasteiger partial charge in [-0.2, -0.15) is 0 Å². The van der Waals surface area contributed by atoms with Gasteiger partial charge in [-0.25, -0.2) is 4.99 Å². The fraction of sp³-hybridized carbons (Fsp3) is 0.885. The minimum Gasteiger partial charge on any atom is -0.465 e. The van der Waals surface area contributed by atoms with Gasteiger partial charge in [0.15, 0.2) is 11.9 Å². The Balaban J connectivity index is 1.42. The summed E-state index contributed by atoms with van der Waals surface area (Å²) in [7, 11) is 0. The molecule has 0 aromatic rings. The highest BCUT2D eigenvalue weighted by Crippen LogP contribution is 2.39. The lowest BCUT2D eigenvalue weighted by Crippen LogP contribution is -2.63.